The topological polar surface area (TPSA) is 30.7 Å². The molecule has 3 nitrogen and oxygen atoms in total. The first-order valence-electron chi connectivity index (χ1n) is 4.43. The van der Waals surface area contributed by atoms with Crippen molar-refractivity contribution in [2.75, 3.05) is 5.75 Å². The maximum absolute atomic E-state index is 5.16. The maximum Gasteiger partial charge on any atom is 0.209 e. The minimum Gasteiger partial charge on any atom is -0.220 e. The lowest BCUT2D eigenvalue weighted by molar-refractivity contribution is 0.835. The van der Waals surface area contributed by atoms with Crippen LogP contribution in [0.4, 0.5) is 0 Å². The molecule has 1 aromatic heterocycles. The number of hydrogen-bond donors (Lipinski definition) is 0. The second-order valence-electron chi connectivity index (χ2n) is 2.80. The van der Waals surface area contributed by atoms with Crippen LogP contribution in [0.25, 0.3) is 5.69 Å². The average Bonchev–Trinajstić information content (AvgIpc) is 2.76. The molecule has 0 aliphatic heterocycles. The summed E-state index contributed by atoms with van der Waals surface area (Å²) in [7, 11) is 0. The molecule has 15 heavy (non-hydrogen) atoms. The fourth-order valence-corrected chi connectivity index (χ4v) is 1.61. The molecule has 4 heteroatoms. The Bertz CT molecular complexity index is 470. The van der Waals surface area contributed by atoms with E-state index < -0.39 is 0 Å². The molecule has 0 saturated carbocycles. The third-order valence-corrected chi connectivity index (χ3v) is 2.53. The highest BCUT2D eigenvalue weighted by atomic mass is 32.2. The summed E-state index contributed by atoms with van der Waals surface area (Å²) in [5.74, 6) is 3.13. The van der Waals surface area contributed by atoms with Crippen LogP contribution in [0.15, 0.2) is 41.8 Å². The van der Waals surface area contributed by atoms with Gasteiger partial charge in [-0.25, -0.2) is 9.67 Å². The molecular weight excluding hydrogens is 206 g/mol. The molecule has 74 valence electrons. The Labute approximate surface area is 92.5 Å². The first kappa shape index (κ1) is 9.81. The van der Waals surface area contributed by atoms with Crippen molar-refractivity contribution in [3.8, 4) is 18.0 Å². The first-order chi connectivity index (χ1) is 7.40. The summed E-state index contributed by atoms with van der Waals surface area (Å²) in [6.07, 6.45) is 6.85. The number of nitrogens with zero attached hydrogens (tertiary/aromatic N) is 3. The van der Waals surface area contributed by atoms with Crippen molar-refractivity contribution >= 4 is 11.8 Å². The summed E-state index contributed by atoms with van der Waals surface area (Å²) in [6, 6.07) is 9.85. The third kappa shape index (κ3) is 2.39. The number of rotatable bonds is 3. The smallest absolute Gasteiger partial charge is 0.209 e. The van der Waals surface area contributed by atoms with E-state index >= 15 is 0 Å². The van der Waals surface area contributed by atoms with E-state index in [4.69, 9.17) is 6.42 Å². The number of para-hydroxylation sites is 1. The van der Waals surface area contributed by atoms with Gasteiger partial charge in [0.05, 0.1) is 11.4 Å². The zero-order valence-electron chi connectivity index (χ0n) is 8.00. The SMILES string of the molecule is C#CCSc1ncn(-c2ccccc2)n1. The van der Waals surface area contributed by atoms with Crippen molar-refractivity contribution in [2.45, 2.75) is 5.16 Å². The number of thioether (sulfide) groups is 1. The van der Waals surface area contributed by atoms with Gasteiger partial charge in [-0.05, 0) is 12.1 Å². The molecule has 1 heterocycles. The van der Waals surface area contributed by atoms with Crippen molar-refractivity contribution in [1.82, 2.24) is 14.8 Å². The Morgan fingerprint density at radius 2 is 2.13 bits per heavy atom. The van der Waals surface area contributed by atoms with Gasteiger partial charge in [-0.3, -0.25) is 0 Å². The van der Waals surface area contributed by atoms with Gasteiger partial charge in [0, 0.05) is 0 Å². The number of hydrogen-bond acceptors (Lipinski definition) is 3. The molecule has 2 rings (SSSR count). The van der Waals surface area contributed by atoms with E-state index in [0.29, 0.717) is 10.9 Å². The van der Waals surface area contributed by atoms with E-state index in [-0.39, 0.29) is 0 Å². The summed E-state index contributed by atoms with van der Waals surface area (Å²) in [6.45, 7) is 0. The van der Waals surface area contributed by atoms with E-state index in [2.05, 4.69) is 16.0 Å². The zero-order valence-corrected chi connectivity index (χ0v) is 8.81. The van der Waals surface area contributed by atoms with Crippen LogP contribution in [-0.4, -0.2) is 20.5 Å². The molecule has 0 unspecified atom stereocenters. The van der Waals surface area contributed by atoms with Gasteiger partial charge in [-0.15, -0.1) is 11.5 Å². The Kier molecular flexibility index (Phi) is 3.05. The lowest BCUT2D eigenvalue weighted by Crippen LogP contribution is -1.93. The molecule has 1 aromatic carbocycles. The van der Waals surface area contributed by atoms with Gasteiger partial charge in [0.2, 0.25) is 5.16 Å². The van der Waals surface area contributed by atoms with E-state index in [0.717, 1.165) is 5.69 Å². The van der Waals surface area contributed by atoms with Crippen LogP contribution in [0.1, 0.15) is 0 Å². The maximum atomic E-state index is 5.16. The van der Waals surface area contributed by atoms with Crippen LogP contribution in [0, 0.1) is 12.3 Å². The molecule has 0 radical (unpaired) electrons. The lowest BCUT2D eigenvalue weighted by atomic mass is 10.3. The number of terminal acetylenes is 1. The van der Waals surface area contributed by atoms with E-state index in [1.807, 2.05) is 30.3 Å². The summed E-state index contributed by atoms with van der Waals surface area (Å²) in [4.78, 5) is 4.15. The van der Waals surface area contributed by atoms with Gasteiger partial charge in [0.1, 0.15) is 6.33 Å². The summed E-state index contributed by atoms with van der Waals surface area (Å²) < 4.78 is 1.73. The van der Waals surface area contributed by atoms with Gasteiger partial charge < -0.3 is 0 Å². The predicted molar refractivity (Wildman–Crippen MR) is 60.9 cm³/mol. The molecule has 0 atom stereocenters. The molecule has 2 aromatic rings. The van der Waals surface area contributed by atoms with Gasteiger partial charge in [0.15, 0.2) is 0 Å². The zero-order chi connectivity index (χ0) is 10.5. The molecule has 0 bridgehead atoms. The van der Waals surface area contributed by atoms with Gasteiger partial charge in [0.25, 0.3) is 0 Å². The largest absolute Gasteiger partial charge is 0.220 e. The third-order valence-electron chi connectivity index (χ3n) is 1.78. The molecule has 0 amide bonds. The highest BCUT2D eigenvalue weighted by Crippen LogP contribution is 2.12. The van der Waals surface area contributed by atoms with E-state index in [1.165, 1.54) is 11.8 Å². The minimum atomic E-state index is 0.596. The summed E-state index contributed by atoms with van der Waals surface area (Å²) in [5, 5.41) is 5.00. The van der Waals surface area contributed by atoms with E-state index in [1.54, 1.807) is 11.0 Å². The van der Waals surface area contributed by atoms with Crippen LogP contribution in [0.2, 0.25) is 0 Å². The normalized spacial score (nSPS) is 9.80. The minimum absolute atomic E-state index is 0.596. The molecule has 0 N–H and O–H groups in total. The highest BCUT2D eigenvalue weighted by molar-refractivity contribution is 7.99. The second-order valence-corrected chi connectivity index (χ2v) is 3.74. The van der Waals surface area contributed by atoms with Gasteiger partial charge in [-0.1, -0.05) is 35.9 Å². The fraction of sp³-hybridized carbons (Fsp3) is 0.0909. The molecule has 0 aliphatic rings. The fourth-order valence-electron chi connectivity index (χ4n) is 1.13. The van der Waals surface area contributed by atoms with Crippen LogP contribution in [-0.2, 0) is 0 Å². The Balaban J connectivity index is 2.18. The lowest BCUT2D eigenvalue weighted by Gasteiger charge is -1.97. The Morgan fingerprint density at radius 1 is 1.33 bits per heavy atom. The van der Waals surface area contributed by atoms with Crippen molar-refractivity contribution in [3.63, 3.8) is 0 Å². The molecule has 0 aliphatic carbocycles. The van der Waals surface area contributed by atoms with Crippen molar-refractivity contribution in [2.24, 2.45) is 0 Å². The van der Waals surface area contributed by atoms with Crippen molar-refractivity contribution in [1.29, 1.82) is 0 Å². The second kappa shape index (κ2) is 4.67. The van der Waals surface area contributed by atoms with Gasteiger partial charge in [-0.2, -0.15) is 0 Å². The average molecular weight is 215 g/mol. The van der Waals surface area contributed by atoms with Crippen LogP contribution in [0.3, 0.4) is 0 Å². The van der Waals surface area contributed by atoms with Crippen LogP contribution in [0.5, 0.6) is 0 Å². The van der Waals surface area contributed by atoms with Crippen molar-refractivity contribution < 1.29 is 0 Å². The summed E-state index contributed by atoms with van der Waals surface area (Å²) >= 11 is 1.46. The number of benzene rings is 1. The van der Waals surface area contributed by atoms with Crippen LogP contribution >= 0.6 is 11.8 Å². The standard InChI is InChI=1S/C11H9N3S/c1-2-8-15-11-12-9-14(13-11)10-6-4-3-5-7-10/h1,3-7,9H,8H2. The predicted octanol–water partition coefficient (Wildman–Crippen LogP) is 1.99. The molecule has 0 spiro atoms. The first-order valence-corrected chi connectivity index (χ1v) is 5.42. The van der Waals surface area contributed by atoms with Crippen molar-refractivity contribution in [3.05, 3.63) is 36.7 Å². The molecular formula is C11H9N3S. The molecule has 0 fully saturated rings. The van der Waals surface area contributed by atoms with Crippen LogP contribution < -0.4 is 0 Å². The monoisotopic (exact) mass is 215 g/mol. The highest BCUT2D eigenvalue weighted by Gasteiger charge is 2.01. The van der Waals surface area contributed by atoms with Gasteiger partial charge >= 0.3 is 0 Å². The van der Waals surface area contributed by atoms with E-state index in [9.17, 15) is 0 Å². The molecule has 0 saturated heterocycles. The Hall–Kier alpha value is -1.73. The summed E-state index contributed by atoms with van der Waals surface area (Å²) in [5.41, 5.74) is 0.998. The quantitative estimate of drug-likeness (QED) is 0.579. The number of aromatic nitrogens is 3. The Morgan fingerprint density at radius 3 is 2.87 bits per heavy atom.